The highest BCUT2D eigenvalue weighted by molar-refractivity contribution is 7.80. The topological polar surface area (TPSA) is 83.8 Å². The summed E-state index contributed by atoms with van der Waals surface area (Å²) in [7, 11) is 0. The van der Waals surface area contributed by atoms with E-state index in [1.807, 2.05) is 0 Å². The lowest BCUT2D eigenvalue weighted by molar-refractivity contribution is -0.245. The summed E-state index contributed by atoms with van der Waals surface area (Å²) in [5.41, 5.74) is 0.998. The van der Waals surface area contributed by atoms with Crippen LogP contribution in [0.3, 0.4) is 0 Å². The van der Waals surface area contributed by atoms with Crippen LogP contribution < -0.4 is 0 Å². The van der Waals surface area contributed by atoms with Crippen LogP contribution in [0.1, 0.15) is 99.3 Å². The molecule has 4 aliphatic rings. The number of rotatable bonds is 6. The van der Waals surface area contributed by atoms with Gasteiger partial charge in [0.05, 0.1) is 6.10 Å². The van der Waals surface area contributed by atoms with Gasteiger partial charge >= 0.3 is 5.97 Å². The maximum atomic E-state index is 13.3. The number of Topliss-reactive ketones (excluding diaryl/α,β-unsaturated/α-hetero) is 1. The van der Waals surface area contributed by atoms with E-state index in [1.54, 1.807) is 0 Å². The van der Waals surface area contributed by atoms with Gasteiger partial charge < -0.3 is 9.99 Å². The molecule has 204 valence electrons. The van der Waals surface area contributed by atoms with E-state index in [0.29, 0.717) is 24.2 Å². The molecule has 0 aromatic rings. The van der Waals surface area contributed by atoms with Crippen molar-refractivity contribution in [3.63, 3.8) is 0 Å². The summed E-state index contributed by atoms with van der Waals surface area (Å²) in [6, 6.07) is 0. The quantitative estimate of drug-likeness (QED) is 0.211. The number of fused-ring (bicyclic) bond motifs is 2. The van der Waals surface area contributed by atoms with Crippen molar-refractivity contribution < 1.29 is 24.8 Å². The average Bonchev–Trinajstić information content (AvgIpc) is 3.16. The smallest absolute Gasteiger partial charge is 0.352 e. The van der Waals surface area contributed by atoms with Gasteiger partial charge in [-0.1, -0.05) is 48.0 Å². The summed E-state index contributed by atoms with van der Waals surface area (Å²) in [6.07, 6.45) is 7.27. The largest absolute Gasteiger partial charge is 0.393 e. The zero-order valence-corrected chi connectivity index (χ0v) is 24.1. The Morgan fingerprint density at radius 1 is 1.11 bits per heavy atom. The minimum absolute atomic E-state index is 0.0356. The monoisotopic (exact) mass is 520 g/mol. The van der Waals surface area contributed by atoms with Crippen LogP contribution in [-0.2, 0) is 14.5 Å². The van der Waals surface area contributed by atoms with Crippen molar-refractivity contribution in [1.29, 1.82) is 0 Å². The number of ketones is 1. The third-order valence-electron chi connectivity index (χ3n) is 11.8. The van der Waals surface area contributed by atoms with Crippen LogP contribution in [0.5, 0.6) is 0 Å². The van der Waals surface area contributed by atoms with Gasteiger partial charge in [-0.25, -0.2) is 4.79 Å². The second kappa shape index (κ2) is 10.0. The molecule has 9 unspecified atom stereocenters. The first-order valence-corrected chi connectivity index (χ1v) is 15.0. The van der Waals surface area contributed by atoms with Gasteiger partial charge in [-0.3, -0.25) is 4.79 Å². The number of carbonyl (C=O) groups excluding carboxylic acids is 2. The fourth-order valence-electron chi connectivity index (χ4n) is 9.79. The van der Waals surface area contributed by atoms with Gasteiger partial charge in [-0.2, -0.15) is 17.9 Å². The molecule has 0 aliphatic heterocycles. The highest BCUT2D eigenvalue weighted by Gasteiger charge is 2.64. The third kappa shape index (κ3) is 3.95. The van der Waals surface area contributed by atoms with Gasteiger partial charge in [0.25, 0.3) is 0 Å². The minimum atomic E-state index is -1.01. The lowest BCUT2D eigenvalue weighted by atomic mass is 9.41. The van der Waals surface area contributed by atoms with Gasteiger partial charge in [0.1, 0.15) is 5.41 Å². The molecule has 0 radical (unpaired) electrons. The lowest BCUT2D eigenvalue weighted by Crippen LogP contribution is -2.58. The molecule has 0 heterocycles. The Morgan fingerprint density at radius 3 is 2.31 bits per heavy atom. The third-order valence-corrected chi connectivity index (χ3v) is 12.2. The molecule has 36 heavy (non-hydrogen) atoms. The number of aliphatic hydroxyl groups excluding tert-OH is 1. The van der Waals surface area contributed by atoms with E-state index in [4.69, 9.17) is 0 Å². The van der Waals surface area contributed by atoms with Crippen molar-refractivity contribution in [3.05, 3.63) is 11.1 Å². The van der Waals surface area contributed by atoms with Crippen molar-refractivity contribution >= 4 is 24.4 Å². The van der Waals surface area contributed by atoms with E-state index in [9.17, 15) is 20.0 Å². The summed E-state index contributed by atoms with van der Waals surface area (Å²) in [5, 5.41) is 20.2. The van der Waals surface area contributed by atoms with Crippen LogP contribution in [0.15, 0.2) is 11.1 Å². The Kier molecular flexibility index (Phi) is 7.85. The standard InChI is InChI=1S/C30H48O5S/c1-7-8-19-21(10-14-30(27(33)35-34)15-24(32)25(17(2)3)26(19)30)28(5)12-9-22-20(16-36)23(31)11-13-29(22,6)18(28)4/h17-23,31,34,36H,7-16H2,1-6H3. The molecule has 5 nitrogen and oxygen atoms in total. The van der Waals surface area contributed by atoms with E-state index in [-0.39, 0.29) is 46.9 Å². The predicted octanol–water partition coefficient (Wildman–Crippen LogP) is 6.50. The van der Waals surface area contributed by atoms with Crippen molar-refractivity contribution in [2.24, 2.45) is 51.8 Å². The van der Waals surface area contributed by atoms with Crippen molar-refractivity contribution in [2.75, 3.05) is 5.75 Å². The maximum Gasteiger partial charge on any atom is 0.352 e. The van der Waals surface area contributed by atoms with E-state index in [2.05, 4.69) is 59.1 Å². The van der Waals surface area contributed by atoms with Gasteiger partial charge in [-0.15, -0.1) is 0 Å². The first-order chi connectivity index (χ1) is 16.9. The van der Waals surface area contributed by atoms with Crippen molar-refractivity contribution in [1.82, 2.24) is 0 Å². The van der Waals surface area contributed by atoms with Crippen LogP contribution in [-0.4, -0.2) is 34.0 Å². The first kappa shape index (κ1) is 28.2. The zero-order chi connectivity index (χ0) is 26.6. The van der Waals surface area contributed by atoms with Crippen LogP contribution >= 0.6 is 12.6 Å². The maximum absolute atomic E-state index is 13.3. The number of carbonyl (C=O) groups is 2. The average molecular weight is 521 g/mol. The highest BCUT2D eigenvalue weighted by Crippen LogP contribution is 2.68. The Morgan fingerprint density at radius 2 is 1.72 bits per heavy atom. The molecule has 4 rings (SSSR count). The molecule has 0 amide bonds. The highest BCUT2D eigenvalue weighted by atomic mass is 32.1. The van der Waals surface area contributed by atoms with Gasteiger partial charge in [0.2, 0.25) is 0 Å². The van der Waals surface area contributed by atoms with Crippen LogP contribution in [0, 0.1) is 51.8 Å². The second-order valence-corrected chi connectivity index (χ2v) is 13.8. The summed E-state index contributed by atoms with van der Waals surface area (Å²) >= 11 is 4.65. The molecule has 0 aromatic heterocycles. The Hall–Kier alpha value is -0.850. The lowest BCUT2D eigenvalue weighted by Gasteiger charge is -2.64. The van der Waals surface area contributed by atoms with E-state index in [0.717, 1.165) is 61.8 Å². The number of thiol groups is 1. The molecule has 3 saturated carbocycles. The van der Waals surface area contributed by atoms with Gasteiger partial charge in [-0.05, 0) is 108 Å². The number of hydrogen-bond donors (Lipinski definition) is 3. The number of allylic oxidation sites excluding steroid dienone is 1. The fraction of sp³-hybridized carbons (Fsp3) is 0.867. The molecule has 0 spiro atoms. The Labute approximate surface area is 223 Å². The predicted molar refractivity (Wildman–Crippen MR) is 144 cm³/mol. The molecule has 0 saturated heterocycles. The summed E-state index contributed by atoms with van der Waals surface area (Å²) < 4.78 is 0. The molecule has 2 N–H and O–H groups in total. The summed E-state index contributed by atoms with van der Waals surface area (Å²) in [6.45, 7) is 13.6. The zero-order valence-electron chi connectivity index (χ0n) is 23.2. The normalized spacial score (nSPS) is 45.0. The molecule has 3 fully saturated rings. The molecule has 0 bridgehead atoms. The molecule has 4 aliphatic carbocycles. The van der Waals surface area contributed by atoms with Crippen LogP contribution in [0.25, 0.3) is 0 Å². The SMILES string of the molecule is CCCC1C2=C(C(C)C)C(=O)CC2(C(=O)OO)CCC1C1(C)CCC2C(CS)C(O)CCC2(C)C1C. The number of hydrogen-bond acceptors (Lipinski definition) is 6. The van der Waals surface area contributed by atoms with Crippen molar-refractivity contribution in [3.8, 4) is 0 Å². The first-order valence-electron chi connectivity index (χ1n) is 14.3. The molecular weight excluding hydrogens is 472 g/mol. The minimum Gasteiger partial charge on any atom is -0.393 e. The van der Waals surface area contributed by atoms with Crippen LogP contribution in [0.4, 0.5) is 0 Å². The second-order valence-electron chi connectivity index (χ2n) is 13.4. The van der Waals surface area contributed by atoms with E-state index < -0.39 is 11.4 Å². The molecule has 6 heteroatoms. The van der Waals surface area contributed by atoms with Crippen molar-refractivity contribution in [2.45, 2.75) is 105 Å². The summed E-state index contributed by atoms with van der Waals surface area (Å²) in [4.78, 5) is 30.8. The Balaban J connectivity index is 1.79. The molecule has 9 atom stereocenters. The summed E-state index contributed by atoms with van der Waals surface area (Å²) in [5.74, 6) is 1.82. The molecular formula is C30H48O5S. The van der Waals surface area contributed by atoms with Gasteiger partial charge in [0.15, 0.2) is 5.78 Å². The number of aliphatic hydroxyl groups is 1. The molecule has 0 aromatic carbocycles. The van der Waals surface area contributed by atoms with E-state index in [1.165, 1.54) is 0 Å². The van der Waals surface area contributed by atoms with E-state index >= 15 is 0 Å². The van der Waals surface area contributed by atoms with Crippen LogP contribution in [0.2, 0.25) is 0 Å². The fourth-order valence-corrected chi connectivity index (χ4v) is 10.3. The Bertz CT molecular complexity index is 913. The van der Waals surface area contributed by atoms with Gasteiger partial charge in [0, 0.05) is 6.42 Å².